The second kappa shape index (κ2) is 6.70. The van der Waals surface area contributed by atoms with Crippen molar-refractivity contribution in [1.29, 1.82) is 0 Å². The minimum absolute atomic E-state index is 0.0186. The number of nitro benzene ring substituents is 1. The zero-order chi connectivity index (χ0) is 18.0. The van der Waals surface area contributed by atoms with Gasteiger partial charge in [-0.05, 0) is 24.8 Å². The zero-order valence-electron chi connectivity index (χ0n) is 13.7. The van der Waals surface area contributed by atoms with E-state index in [1.54, 1.807) is 17.0 Å². The van der Waals surface area contributed by atoms with Crippen molar-refractivity contribution >= 4 is 17.6 Å². The number of carboxylic acids is 1. The summed E-state index contributed by atoms with van der Waals surface area (Å²) in [6, 6.07) is 6.00. The lowest BCUT2D eigenvalue weighted by molar-refractivity contribution is -0.385. The van der Waals surface area contributed by atoms with Gasteiger partial charge in [0.05, 0.1) is 23.4 Å². The van der Waals surface area contributed by atoms with Crippen LogP contribution in [0.1, 0.15) is 25.7 Å². The number of likely N-dealkylation sites (tertiary alicyclic amines) is 1. The number of carbonyl (C=O) groups is 2. The van der Waals surface area contributed by atoms with Crippen LogP contribution in [-0.2, 0) is 9.59 Å². The van der Waals surface area contributed by atoms with Crippen LogP contribution in [-0.4, -0.2) is 46.5 Å². The van der Waals surface area contributed by atoms with Gasteiger partial charge in [-0.3, -0.25) is 19.7 Å². The molecule has 1 aromatic carbocycles. The summed E-state index contributed by atoms with van der Waals surface area (Å²) in [5, 5.41) is 20.5. The summed E-state index contributed by atoms with van der Waals surface area (Å²) in [5.41, 5.74) is -0.940. The number of nitrogens with zero attached hydrogens (tertiary/aromatic N) is 2. The van der Waals surface area contributed by atoms with Crippen molar-refractivity contribution in [2.75, 3.05) is 19.7 Å². The van der Waals surface area contributed by atoms with Gasteiger partial charge in [0.1, 0.15) is 0 Å². The van der Waals surface area contributed by atoms with Gasteiger partial charge in [0.25, 0.3) is 0 Å². The molecule has 1 heterocycles. The van der Waals surface area contributed by atoms with Crippen LogP contribution in [0.15, 0.2) is 24.3 Å². The Morgan fingerprint density at radius 3 is 2.84 bits per heavy atom. The molecule has 3 rings (SSSR count). The number of carbonyl (C=O) groups excluding carboxylic acids is 1. The Balaban J connectivity index is 1.56. The quantitative estimate of drug-likeness (QED) is 0.622. The monoisotopic (exact) mass is 348 g/mol. The molecule has 0 bridgehead atoms. The Morgan fingerprint density at radius 1 is 1.40 bits per heavy atom. The molecule has 0 aromatic heterocycles. The van der Waals surface area contributed by atoms with E-state index in [1.165, 1.54) is 12.1 Å². The molecule has 1 saturated carbocycles. The van der Waals surface area contributed by atoms with Crippen LogP contribution in [0.4, 0.5) is 5.69 Å². The third-order valence-electron chi connectivity index (χ3n) is 5.28. The molecule has 1 saturated heterocycles. The zero-order valence-corrected chi connectivity index (χ0v) is 13.7. The first kappa shape index (κ1) is 17.2. The summed E-state index contributed by atoms with van der Waals surface area (Å²) in [7, 11) is 0. The van der Waals surface area contributed by atoms with Crippen molar-refractivity contribution in [2.45, 2.75) is 25.7 Å². The molecule has 2 aliphatic rings. The topological polar surface area (TPSA) is 110 Å². The van der Waals surface area contributed by atoms with Gasteiger partial charge >= 0.3 is 11.7 Å². The molecule has 1 amide bonds. The van der Waals surface area contributed by atoms with E-state index in [-0.39, 0.29) is 42.8 Å². The van der Waals surface area contributed by atoms with Gasteiger partial charge in [-0.2, -0.15) is 0 Å². The first-order valence-corrected chi connectivity index (χ1v) is 8.31. The van der Waals surface area contributed by atoms with Crippen molar-refractivity contribution < 1.29 is 24.4 Å². The Kier molecular flexibility index (Phi) is 4.61. The van der Waals surface area contributed by atoms with Gasteiger partial charge in [-0.15, -0.1) is 0 Å². The fraction of sp³-hybridized carbons (Fsp3) is 0.529. The van der Waals surface area contributed by atoms with E-state index in [0.717, 1.165) is 12.8 Å². The normalized spacial score (nSPS) is 24.8. The van der Waals surface area contributed by atoms with Crippen LogP contribution in [0.5, 0.6) is 5.75 Å². The SMILES string of the molecule is O=C(CCOc1ccccc1[N+](=O)[O-])N1C[C@@H]2CCC[C@@]2(C(=O)O)C1. The van der Waals surface area contributed by atoms with Gasteiger partial charge in [0, 0.05) is 19.2 Å². The Morgan fingerprint density at radius 2 is 2.16 bits per heavy atom. The third kappa shape index (κ3) is 3.16. The van der Waals surface area contributed by atoms with Crippen molar-refractivity contribution in [3.63, 3.8) is 0 Å². The highest BCUT2D eigenvalue weighted by molar-refractivity contribution is 5.81. The van der Waals surface area contributed by atoms with Crippen LogP contribution >= 0.6 is 0 Å². The lowest BCUT2D eigenvalue weighted by Gasteiger charge is -2.23. The summed E-state index contributed by atoms with van der Waals surface area (Å²) in [6.07, 6.45) is 2.40. The van der Waals surface area contributed by atoms with Crippen LogP contribution in [0.25, 0.3) is 0 Å². The maximum absolute atomic E-state index is 12.4. The fourth-order valence-electron chi connectivity index (χ4n) is 3.97. The molecule has 2 atom stereocenters. The molecule has 25 heavy (non-hydrogen) atoms. The van der Waals surface area contributed by atoms with Gasteiger partial charge in [-0.25, -0.2) is 0 Å². The summed E-state index contributed by atoms with van der Waals surface area (Å²) >= 11 is 0. The van der Waals surface area contributed by atoms with Gasteiger partial charge in [0.15, 0.2) is 5.75 Å². The first-order chi connectivity index (χ1) is 11.9. The van der Waals surface area contributed by atoms with Gasteiger partial charge < -0.3 is 14.7 Å². The Hall–Kier alpha value is -2.64. The number of nitro groups is 1. The lowest BCUT2D eigenvalue weighted by atomic mass is 9.81. The van der Waals surface area contributed by atoms with Crippen molar-refractivity contribution in [2.24, 2.45) is 11.3 Å². The van der Waals surface area contributed by atoms with Crippen molar-refractivity contribution in [3.05, 3.63) is 34.4 Å². The molecule has 1 aliphatic carbocycles. The molecular weight excluding hydrogens is 328 g/mol. The standard InChI is InChI=1S/C17H20N2O6/c20-15(7-9-25-14-6-2-1-5-13(14)19(23)24)18-10-12-4-3-8-17(12,11-18)16(21)22/h1-2,5-6,12H,3-4,7-11H2,(H,21,22)/t12-,17+/m0/s1. The smallest absolute Gasteiger partial charge is 0.311 e. The number of amides is 1. The van der Waals surface area contributed by atoms with Crippen molar-refractivity contribution in [3.8, 4) is 5.75 Å². The second-order valence-electron chi connectivity index (χ2n) is 6.65. The number of hydrogen-bond donors (Lipinski definition) is 1. The van der Waals surface area contributed by atoms with E-state index in [1.807, 2.05) is 0 Å². The number of para-hydroxylation sites is 2. The lowest BCUT2D eigenvalue weighted by Crippen LogP contribution is -2.37. The predicted molar refractivity (Wildman–Crippen MR) is 87.2 cm³/mol. The van der Waals surface area contributed by atoms with Crippen LogP contribution < -0.4 is 4.74 Å². The summed E-state index contributed by atoms with van der Waals surface area (Å²) in [5.74, 6) is -0.847. The van der Waals surface area contributed by atoms with E-state index in [0.29, 0.717) is 13.0 Å². The molecule has 0 radical (unpaired) electrons. The minimum Gasteiger partial charge on any atom is -0.486 e. The molecule has 1 aliphatic heterocycles. The van der Waals surface area contributed by atoms with E-state index in [2.05, 4.69) is 0 Å². The molecule has 1 N–H and O–H groups in total. The highest BCUT2D eigenvalue weighted by atomic mass is 16.6. The van der Waals surface area contributed by atoms with Gasteiger partial charge in [0.2, 0.25) is 5.91 Å². The third-order valence-corrected chi connectivity index (χ3v) is 5.28. The largest absolute Gasteiger partial charge is 0.486 e. The highest BCUT2D eigenvalue weighted by Gasteiger charge is 2.55. The summed E-state index contributed by atoms with van der Waals surface area (Å²) in [6.45, 7) is 0.735. The maximum atomic E-state index is 12.4. The number of carboxylic acid groups (broad SMARTS) is 1. The van der Waals surface area contributed by atoms with Crippen LogP contribution in [0.3, 0.4) is 0 Å². The first-order valence-electron chi connectivity index (χ1n) is 8.31. The number of rotatable bonds is 6. The molecule has 0 unspecified atom stereocenters. The van der Waals surface area contributed by atoms with Crippen molar-refractivity contribution in [1.82, 2.24) is 4.90 Å². The summed E-state index contributed by atoms with van der Waals surface area (Å²) < 4.78 is 5.39. The van der Waals surface area contributed by atoms with E-state index >= 15 is 0 Å². The summed E-state index contributed by atoms with van der Waals surface area (Å²) in [4.78, 5) is 36.0. The number of ether oxygens (including phenoxy) is 1. The van der Waals surface area contributed by atoms with E-state index < -0.39 is 16.3 Å². The molecule has 1 aromatic rings. The number of fused-ring (bicyclic) bond motifs is 1. The maximum Gasteiger partial charge on any atom is 0.311 e. The number of benzene rings is 1. The number of aliphatic carboxylic acids is 1. The highest BCUT2D eigenvalue weighted by Crippen LogP contribution is 2.48. The Bertz CT molecular complexity index is 706. The molecule has 2 fully saturated rings. The average molecular weight is 348 g/mol. The van der Waals surface area contributed by atoms with E-state index in [4.69, 9.17) is 4.74 Å². The minimum atomic E-state index is -0.818. The second-order valence-corrected chi connectivity index (χ2v) is 6.65. The van der Waals surface area contributed by atoms with Gasteiger partial charge in [-0.1, -0.05) is 18.6 Å². The van der Waals surface area contributed by atoms with E-state index in [9.17, 15) is 24.8 Å². The van der Waals surface area contributed by atoms with Crippen LogP contribution in [0, 0.1) is 21.4 Å². The average Bonchev–Trinajstić information content (AvgIpc) is 3.13. The predicted octanol–water partition coefficient (Wildman–Crippen LogP) is 2.08. The fourth-order valence-corrected chi connectivity index (χ4v) is 3.97. The Labute approximate surface area is 144 Å². The molecule has 134 valence electrons. The molecule has 0 spiro atoms. The molecule has 8 heteroatoms. The van der Waals surface area contributed by atoms with Crippen LogP contribution in [0.2, 0.25) is 0 Å². The molecular formula is C17H20N2O6. The number of hydrogen-bond acceptors (Lipinski definition) is 5. The molecule has 8 nitrogen and oxygen atoms in total.